The second-order valence-electron chi connectivity index (χ2n) is 12.4. The predicted molar refractivity (Wildman–Crippen MR) is 185 cm³/mol. The van der Waals surface area contributed by atoms with Crippen molar-refractivity contribution >= 4 is 55.9 Å². The second-order valence-corrected chi connectivity index (χ2v) is 12.4. The third-order valence-corrected chi connectivity index (χ3v) is 8.81. The van der Waals surface area contributed by atoms with Gasteiger partial charge in [0.2, 0.25) is 0 Å². The molecular weight excluding hydrogens is 750 g/mol. The molecule has 0 saturated heterocycles. The van der Waals surface area contributed by atoms with E-state index in [0.29, 0.717) is 21.8 Å². The molecular formula is C40H23F12N3. The minimum absolute atomic E-state index is 0.116. The standard InChI is InChI=1S/C40H23F12N3/c41-37(42,43)23-5-1-9-27(17-23)54(28-10-2-6-24(18-28)38(44,45)46)31-13-15-35-33(21-31)34-22-32(14-16-36(34)53-35)55(29-11-3-7-25(19-29)39(47,48)49)30-12-4-8-26(20-30)40(50,51)52/h1-22,53H. The van der Waals surface area contributed by atoms with E-state index in [1.165, 1.54) is 58.3 Å². The molecule has 0 aliphatic carbocycles. The van der Waals surface area contributed by atoms with Crippen molar-refractivity contribution in [1.29, 1.82) is 0 Å². The fraction of sp³-hybridized carbons (Fsp3) is 0.100. The Morgan fingerprint density at radius 3 is 0.818 bits per heavy atom. The number of nitrogens with zero attached hydrogens (tertiary/aromatic N) is 2. The summed E-state index contributed by atoms with van der Waals surface area (Å²) in [6.45, 7) is 0. The zero-order chi connectivity index (χ0) is 39.5. The first-order chi connectivity index (χ1) is 25.8. The SMILES string of the molecule is FC(F)(F)c1cccc(N(c2cccc(C(F)(F)F)c2)c2ccc3[nH]c4ccc(N(c5cccc(C(F)(F)F)c5)c5cccc(C(F)(F)F)c5)cc4c3c2)c1. The zero-order valence-corrected chi connectivity index (χ0v) is 27.6. The third-order valence-electron chi connectivity index (χ3n) is 8.81. The Kier molecular flexibility index (Phi) is 9.01. The van der Waals surface area contributed by atoms with E-state index < -0.39 is 47.0 Å². The smallest absolute Gasteiger partial charge is 0.355 e. The van der Waals surface area contributed by atoms with Gasteiger partial charge in [-0.05, 0) is 109 Å². The molecule has 0 aliphatic heterocycles. The quantitative estimate of drug-likeness (QED) is 0.170. The van der Waals surface area contributed by atoms with Gasteiger partial charge in [0, 0.05) is 55.9 Å². The van der Waals surface area contributed by atoms with Crippen LogP contribution in [0.15, 0.2) is 133 Å². The highest BCUT2D eigenvalue weighted by atomic mass is 19.4. The Labute approximate surface area is 303 Å². The van der Waals surface area contributed by atoms with Crippen molar-refractivity contribution in [3.8, 4) is 0 Å². The van der Waals surface area contributed by atoms with Crippen LogP contribution in [0.5, 0.6) is 0 Å². The molecule has 0 radical (unpaired) electrons. The Balaban J connectivity index is 1.43. The summed E-state index contributed by atoms with van der Waals surface area (Å²) in [4.78, 5) is 5.58. The van der Waals surface area contributed by atoms with Gasteiger partial charge in [-0.2, -0.15) is 52.7 Å². The highest BCUT2D eigenvalue weighted by Crippen LogP contribution is 2.44. The van der Waals surface area contributed by atoms with Crippen LogP contribution < -0.4 is 9.80 Å². The summed E-state index contributed by atoms with van der Waals surface area (Å²) >= 11 is 0. The number of hydrogen-bond donors (Lipinski definition) is 1. The summed E-state index contributed by atoms with van der Waals surface area (Å²) in [5, 5.41) is 0.790. The highest BCUT2D eigenvalue weighted by molar-refractivity contribution is 6.10. The minimum Gasteiger partial charge on any atom is -0.355 e. The number of alkyl halides is 12. The summed E-state index contributed by atoms with van der Waals surface area (Å²) in [5.41, 5.74) is -3.45. The predicted octanol–water partition coefficient (Wildman–Crippen LogP) is 14.3. The van der Waals surface area contributed by atoms with Gasteiger partial charge in [-0.3, -0.25) is 0 Å². The average molecular weight is 774 g/mol. The fourth-order valence-electron chi connectivity index (χ4n) is 6.33. The van der Waals surface area contributed by atoms with E-state index in [9.17, 15) is 52.7 Å². The summed E-state index contributed by atoms with van der Waals surface area (Å²) in [5.74, 6) is 0. The Hall–Kier alpha value is -6.12. The number of H-pyrrole nitrogens is 1. The van der Waals surface area contributed by atoms with Crippen molar-refractivity contribution in [2.75, 3.05) is 9.80 Å². The molecule has 1 heterocycles. The van der Waals surface area contributed by atoms with Gasteiger partial charge >= 0.3 is 24.7 Å². The van der Waals surface area contributed by atoms with E-state index in [-0.39, 0.29) is 34.1 Å². The van der Waals surface area contributed by atoms with E-state index in [2.05, 4.69) is 4.98 Å². The van der Waals surface area contributed by atoms with Crippen molar-refractivity contribution in [2.45, 2.75) is 24.7 Å². The summed E-state index contributed by atoms with van der Waals surface area (Å²) in [7, 11) is 0. The van der Waals surface area contributed by atoms with Crippen molar-refractivity contribution in [1.82, 2.24) is 4.98 Å². The van der Waals surface area contributed by atoms with Crippen LogP contribution >= 0.6 is 0 Å². The van der Waals surface area contributed by atoms with Crippen molar-refractivity contribution in [2.24, 2.45) is 0 Å². The van der Waals surface area contributed by atoms with Gasteiger partial charge < -0.3 is 14.8 Å². The topological polar surface area (TPSA) is 22.3 Å². The van der Waals surface area contributed by atoms with Crippen LogP contribution in [-0.4, -0.2) is 4.98 Å². The molecule has 0 bridgehead atoms. The van der Waals surface area contributed by atoms with Gasteiger partial charge in [0.1, 0.15) is 0 Å². The maximum Gasteiger partial charge on any atom is 0.416 e. The molecule has 1 aromatic heterocycles. The molecule has 0 atom stereocenters. The number of aromatic amines is 1. The second kappa shape index (κ2) is 13.3. The lowest BCUT2D eigenvalue weighted by molar-refractivity contribution is -0.138. The number of anilines is 6. The molecule has 55 heavy (non-hydrogen) atoms. The summed E-state index contributed by atoms with van der Waals surface area (Å²) in [6, 6.07) is 25.2. The van der Waals surface area contributed by atoms with E-state index >= 15 is 0 Å². The van der Waals surface area contributed by atoms with Gasteiger partial charge in [0.25, 0.3) is 0 Å². The number of nitrogens with one attached hydrogen (secondary N) is 1. The lowest BCUT2D eigenvalue weighted by Gasteiger charge is -2.27. The van der Waals surface area contributed by atoms with Gasteiger partial charge in [-0.1, -0.05) is 24.3 Å². The normalized spacial score (nSPS) is 12.7. The molecule has 0 aliphatic rings. The highest BCUT2D eigenvalue weighted by Gasteiger charge is 2.35. The Morgan fingerprint density at radius 2 is 0.564 bits per heavy atom. The summed E-state index contributed by atoms with van der Waals surface area (Å²) < 4.78 is 166. The first-order valence-corrected chi connectivity index (χ1v) is 16.1. The van der Waals surface area contributed by atoms with Crippen LogP contribution in [0.4, 0.5) is 86.8 Å². The molecule has 282 valence electrons. The molecule has 6 aromatic carbocycles. The third kappa shape index (κ3) is 7.51. The molecule has 0 spiro atoms. The maximum absolute atomic E-state index is 13.8. The molecule has 15 heteroatoms. The number of benzene rings is 6. The van der Waals surface area contributed by atoms with E-state index in [1.54, 1.807) is 12.1 Å². The van der Waals surface area contributed by atoms with Crippen LogP contribution in [0, 0.1) is 0 Å². The van der Waals surface area contributed by atoms with Gasteiger partial charge in [-0.25, -0.2) is 0 Å². The molecule has 0 fully saturated rings. The number of hydrogen-bond acceptors (Lipinski definition) is 2. The number of halogens is 12. The van der Waals surface area contributed by atoms with Gasteiger partial charge in [-0.15, -0.1) is 0 Å². The molecule has 0 unspecified atom stereocenters. The van der Waals surface area contributed by atoms with Crippen molar-refractivity contribution in [3.63, 3.8) is 0 Å². The molecule has 3 nitrogen and oxygen atoms in total. The van der Waals surface area contributed by atoms with Crippen molar-refractivity contribution in [3.05, 3.63) is 156 Å². The lowest BCUT2D eigenvalue weighted by Crippen LogP contribution is -2.14. The maximum atomic E-state index is 13.8. The number of fused-ring (bicyclic) bond motifs is 3. The van der Waals surface area contributed by atoms with E-state index in [0.717, 1.165) is 72.8 Å². The zero-order valence-electron chi connectivity index (χ0n) is 27.6. The van der Waals surface area contributed by atoms with Crippen LogP contribution in [0.25, 0.3) is 21.8 Å². The minimum atomic E-state index is -4.78. The number of aromatic nitrogens is 1. The van der Waals surface area contributed by atoms with Crippen LogP contribution in [-0.2, 0) is 24.7 Å². The van der Waals surface area contributed by atoms with Gasteiger partial charge in [0.15, 0.2) is 0 Å². The average Bonchev–Trinajstić information content (AvgIpc) is 3.48. The molecule has 0 saturated carbocycles. The Bertz CT molecular complexity index is 2240. The first-order valence-electron chi connectivity index (χ1n) is 16.1. The van der Waals surface area contributed by atoms with Crippen molar-refractivity contribution < 1.29 is 52.7 Å². The molecule has 1 N–H and O–H groups in total. The van der Waals surface area contributed by atoms with Gasteiger partial charge in [0.05, 0.1) is 22.3 Å². The van der Waals surface area contributed by atoms with Crippen LogP contribution in [0.1, 0.15) is 22.3 Å². The Morgan fingerprint density at radius 1 is 0.309 bits per heavy atom. The van der Waals surface area contributed by atoms with E-state index in [1.807, 2.05) is 0 Å². The molecule has 7 rings (SSSR count). The largest absolute Gasteiger partial charge is 0.416 e. The molecule has 7 aromatic rings. The number of rotatable bonds is 6. The first kappa shape index (κ1) is 37.2. The monoisotopic (exact) mass is 773 g/mol. The summed E-state index contributed by atoms with van der Waals surface area (Å²) in [6.07, 6.45) is -19.1. The van der Waals surface area contributed by atoms with E-state index in [4.69, 9.17) is 0 Å². The van der Waals surface area contributed by atoms with Crippen LogP contribution in [0.3, 0.4) is 0 Å². The molecule has 0 amide bonds. The lowest BCUT2D eigenvalue weighted by atomic mass is 10.1. The fourth-order valence-corrected chi connectivity index (χ4v) is 6.33. The van der Waals surface area contributed by atoms with Crippen LogP contribution in [0.2, 0.25) is 0 Å².